The number of benzene rings is 1. The third-order valence-corrected chi connectivity index (χ3v) is 5.17. The number of aromatic nitrogens is 1. The summed E-state index contributed by atoms with van der Waals surface area (Å²) in [6, 6.07) is 11.4. The smallest absolute Gasteiger partial charge is 0.0734 e. The van der Waals surface area contributed by atoms with Gasteiger partial charge in [-0.1, -0.05) is 24.3 Å². The first-order valence-corrected chi connectivity index (χ1v) is 8.18. The van der Waals surface area contributed by atoms with Crippen molar-refractivity contribution in [2.45, 2.75) is 25.3 Å². The van der Waals surface area contributed by atoms with Crippen LogP contribution in [-0.2, 0) is 6.42 Å². The molecule has 0 radical (unpaired) electrons. The van der Waals surface area contributed by atoms with Gasteiger partial charge < -0.3 is 10.2 Å². The fraction of sp³-hybridized carbons (Fsp3) is 0.500. The largest absolute Gasteiger partial charge is 0.312 e. The Morgan fingerprint density at radius 1 is 1.14 bits per heavy atom. The second-order valence-corrected chi connectivity index (χ2v) is 6.44. The van der Waals surface area contributed by atoms with E-state index in [2.05, 4.69) is 39.5 Å². The molecule has 1 aromatic carbocycles. The third kappa shape index (κ3) is 2.68. The van der Waals surface area contributed by atoms with Gasteiger partial charge in [0.05, 0.1) is 5.52 Å². The average Bonchev–Trinajstić information content (AvgIpc) is 2.56. The summed E-state index contributed by atoms with van der Waals surface area (Å²) in [7, 11) is 0. The van der Waals surface area contributed by atoms with E-state index in [1.165, 1.54) is 43.4 Å². The number of hydrogen-bond acceptors (Lipinski definition) is 3. The summed E-state index contributed by atoms with van der Waals surface area (Å²) in [5.41, 5.74) is 2.53. The first-order chi connectivity index (χ1) is 10.4. The van der Waals surface area contributed by atoms with Gasteiger partial charge in [-0.15, -0.1) is 0 Å². The Morgan fingerprint density at radius 3 is 2.81 bits per heavy atom. The summed E-state index contributed by atoms with van der Waals surface area (Å²) in [5.74, 6) is 0.903. The molecule has 1 aromatic heterocycles. The standard InChI is InChI=1S/C18H23N3/c1-3-15-5-2-9-20-18(15)16(4-1)6-10-19-17-13-21-11-7-14(17)8-12-21/h1-5,9,14,17,19H,6-8,10-13H2. The van der Waals surface area contributed by atoms with Crippen molar-refractivity contribution in [3.63, 3.8) is 0 Å². The van der Waals surface area contributed by atoms with Crippen LogP contribution in [0.25, 0.3) is 10.9 Å². The Balaban J connectivity index is 1.40. The van der Waals surface area contributed by atoms with Crippen LogP contribution >= 0.6 is 0 Å². The van der Waals surface area contributed by atoms with Crippen LogP contribution < -0.4 is 5.32 Å². The van der Waals surface area contributed by atoms with Crippen molar-refractivity contribution >= 4 is 10.9 Å². The van der Waals surface area contributed by atoms with Gasteiger partial charge in [-0.3, -0.25) is 4.98 Å². The molecule has 0 spiro atoms. The number of rotatable bonds is 4. The fourth-order valence-corrected chi connectivity index (χ4v) is 3.96. The van der Waals surface area contributed by atoms with Crippen LogP contribution in [0.4, 0.5) is 0 Å². The Bertz CT molecular complexity index is 611. The van der Waals surface area contributed by atoms with E-state index in [0.29, 0.717) is 6.04 Å². The van der Waals surface area contributed by atoms with Gasteiger partial charge >= 0.3 is 0 Å². The molecule has 0 amide bonds. The predicted molar refractivity (Wildman–Crippen MR) is 86.4 cm³/mol. The second-order valence-electron chi connectivity index (χ2n) is 6.44. The van der Waals surface area contributed by atoms with Crippen LogP contribution in [0.3, 0.4) is 0 Å². The summed E-state index contributed by atoms with van der Waals surface area (Å²) >= 11 is 0. The van der Waals surface area contributed by atoms with Gasteiger partial charge in [0.2, 0.25) is 0 Å². The topological polar surface area (TPSA) is 28.2 Å². The van der Waals surface area contributed by atoms with Crippen LogP contribution in [0, 0.1) is 5.92 Å². The molecule has 4 heterocycles. The van der Waals surface area contributed by atoms with Crippen molar-refractivity contribution in [2.75, 3.05) is 26.2 Å². The minimum atomic E-state index is 0.704. The zero-order valence-corrected chi connectivity index (χ0v) is 12.5. The Morgan fingerprint density at radius 2 is 2.00 bits per heavy atom. The van der Waals surface area contributed by atoms with E-state index >= 15 is 0 Å². The van der Waals surface area contributed by atoms with E-state index in [-0.39, 0.29) is 0 Å². The first-order valence-electron chi connectivity index (χ1n) is 8.18. The second kappa shape index (κ2) is 5.74. The highest BCUT2D eigenvalue weighted by atomic mass is 15.2. The molecule has 3 saturated heterocycles. The molecule has 2 aromatic rings. The molecule has 2 bridgehead atoms. The van der Waals surface area contributed by atoms with Crippen LogP contribution in [-0.4, -0.2) is 42.1 Å². The maximum Gasteiger partial charge on any atom is 0.0734 e. The number of hydrogen-bond donors (Lipinski definition) is 1. The van der Waals surface area contributed by atoms with Crippen molar-refractivity contribution in [1.82, 2.24) is 15.2 Å². The lowest BCUT2D eigenvalue weighted by Gasteiger charge is -2.45. The van der Waals surface area contributed by atoms with Crippen LogP contribution in [0.1, 0.15) is 18.4 Å². The van der Waals surface area contributed by atoms with E-state index < -0.39 is 0 Å². The van der Waals surface area contributed by atoms with Crippen molar-refractivity contribution in [3.05, 3.63) is 42.1 Å². The summed E-state index contributed by atoms with van der Waals surface area (Å²) < 4.78 is 0. The molecule has 3 heteroatoms. The van der Waals surface area contributed by atoms with E-state index in [4.69, 9.17) is 0 Å². The summed E-state index contributed by atoms with van der Waals surface area (Å²) in [6.45, 7) is 4.94. The van der Waals surface area contributed by atoms with Gasteiger partial charge in [-0.05, 0) is 56.4 Å². The quantitative estimate of drug-likeness (QED) is 0.933. The van der Waals surface area contributed by atoms with Crippen molar-refractivity contribution in [3.8, 4) is 0 Å². The summed E-state index contributed by atoms with van der Waals surface area (Å²) in [6.07, 6.45) is 5.73. The van der Waals surface area contributed by atoms with E-state index in [1.807, 2.05) is 12.3 Å². The Kier molecular flexibility index (Phi) is 3.62. The Labute approximate surface area is 126 Å². The lowest BCUT2D eigenvalue weighted by atomic mass is 9.84. The van der Waals surface area contributed by atoms with Crippen LogP contribution in [0.5, 0.6) is 0 Å². The number of nitrogens with one attached hydrogen (secondary N) is 1. The van der Waals surface area contributed by atoms with Gasteiger partial charge in [0.15, 0.2) is 0 Å². The van der Waals surface area contributed by atoms with E-state index in [0.717, 1.165) is 24.4 Å². The van der Waals surface area contributed by atoms with Crippen LogP contribution in [0.15, 0.2) is 36.5 Å². The van der Waals surface area contributed by atoms with Crippen LogP contribution in [0.2, 0.25) is 0 Å². The molecule has 0 aliphatic carbocycles. The normalized spacial score (nSPS) is 28.1. The van der Waals surface area contributed by atoms with Crippen molar-refractivity contribution in [1.29, 1.82) is 0 Å². The molecule has 5 rings (SSSR count). The molecule has 21 heavy (non-hydrogen) atoms. The van der Waals surface area contributed by atoms with E-state index in [9.17, 15) is 0 Å². The highest BCUT2D eigenvalue weighted by molar-refractivity contribution is 5.81. The van der Waals surface area contributed by atoms with Gasteiger partial charge in [-0.25, -0.2) is 0 Å². The highest BCUT2D eigenvalue weighted by Gasteiger charge is 2.33. The summed E-state index contributed by atoms with van der Waals surface area (Å²) in [5, 5.41) is 5.04. The minimum absolute atomic E-state index is 0.704. The third-order valence-electron chi connectivity index (χ3n) is 5.17. The molecule has 3 nitrogen and oxygen atoms in total. The lowest BCUT2D eigenvalue weighted by Crippen LogP contribution is -2.56. The molecule has 1 atom stereocenters. The monoisotopic (exact) mass is 281 g/mol. The SMILES string of the molecule is c1cnc2c(CCNC3CN4CCC3CC4)cccc2c1. The number of pyridine rings is 1. The molecule has 1 unspecified atom stereocenters. The van der Waals surface area contributed by atoms with Gasteiger partial charge in [-0.2, -0.15) is 0 Å². The maximum atomic E-state index is 4.55. The maximum absolute atomic E-state index is 4.55. The number of piperidine rings is 3. The lowest BCUT2D eigenvalue weighted by molar-refractivity contribution is 0.0731. The average molecular weight is 281 g/mol. The van der Waals surface area contributed by atoms with Gasteiger partial charge in [0.25, 0.3) is 0 Å². The molecule has 0 saturated carbocycles. The zero-order chi connectivity index (χ0) is 14.1. The van der Waals surface area contributed by atoms with Gasteiger partial charge in [0, 0.05) is 24.2 Å². The number of fused-ring (bicyclic) bond motifs is 4. The molecule has 3 aliphatic heterocycles. The fourth-order valence-electron chi connectivity index (χ4n) is 3.96. The predicted octanol–water partition coefficient (Wildman–Crippen LogP) is 2.46. The minimum Gasteiger partial charge on any atom is -0.312 e. The first kappa shape index (κ1) is 13.2. The summed E-state index contributed by atoms with van der Waals surface area (Å²) in [4.78, 5) is 7.16. The molecule has 3 fully saturated rings. The van der Waals surface area contributed by atoms with Gasteiger partial charge in [0.1, 0.15) is 0 Å². The Hall–Kier alpha value is -1.45. The molecule has 3 aliphatic rings. The highest BCUT2D eigenvalue weighted by Crippen LogP contribution is 2.27. The van der Waals surface area contributed by atoms with Crippen molar-refractivity contribution < 1.29 is 0 Å². The number of para-hydroxylation sites is 1. The zero-order valence-electron chi connectivity index (χ0n) is 12.5. The molecule has 110 valence electrons. The molecular weight excluding hydrogens is 258 g/mol. The van der Waals surface area contributed by atoms with Crippen molar-refractivity contribution in [2.24, 2.45) is 5.92 Å². The van der Waals surface area contributed by atoms with E-state index in [1.54, 1.807) is 0 Å². The molecule has 1 N–H and O–H groups in total. The number of nitrogens with zero attached hydrogens (tertiary/aromatic N) is 2. The molecular formula is C18H23N3.